The lowest BCUT2D eigenvalue weighted by Gasteiger charge is -1.99. The number of aromatic amines is 1. The van der Waals surface area contributed by atoms with Crippen LogP contribution in [0.1, 0.15) is 11.4 Å². The van der Waals surface area contributed by atoms with Crippen LogP contribution in [0.2, 0.25) is 0 Å². The highest BCUT2D eigenvalue weighted by Gasteiger charge is 2.07. The molecule has 0 aliphatic heterocycles. The molecule has 6 heteroatoms. The van der Waals surface area contributed by atoms with E-state index >= 15 is 0 Å². The van der Waals surface area contributed by atoms with E-state index in [2.05, 4.69) is 30.6 Å². The molecule has 0 radical (unpaired) electrons. The molecule has 0 bridgehead atoms. The summed E-state index contributed by atoms with van der Waals surface area (Å²) < 4.78 is 18.3. The molecular weight excluding hydrogens is 267 g/mol. The van der Waals surface area contributed by atoms with Crippen molar-refractivity contribution in [2.24, 2.45) is 0 Å². The van der Waals surface area contributed by atoms with Crippen LogP contribution in [0.25, 0.3) is 0 Å². The van der Waals surface area contributed by atoms with E-state index in [0.717, 1.165) is 0 Å². The zero-order valence-electron chi connectivity index (χ0n) is 7.46. The van der Waals surface area contributed by atoms with Crippen molar-refractivity contribution in [2.45, 2.75) is 6.42 Å². The van der Waals surface area contributed by atoms with E-state index in [0.29, 0.717) is 15.9 Å². The minimum absolute atomic E-state index is 0.199. The molecule has 0 fully saturated rings. The predicted molar refractivity (Wildman–Crippen MR) is 54.0 cm³/mol. The van der Waals surface area contributed by atoms with E-state index in [9.17, 15) is 9.18 Å². The fourth-order valence-corrected chi connectivity index (χ4v) is 1.52. The Morgan fingerprint density at radius 3 is 2.93 bits per heavy atom. The lowest BCUT2D eigenvalue weighted by Crippen LogP contribution is -1.99. The Bertz CT molecular complexity index is 535. The topological polar surface area (TPSA) is 58.9 Å². The average Bonchev–Trinajstić information content (AvgIpc) is 2.56. The zero-order chi connectivity index (χ0) is 10.8. The molecule has 0 saturated heterocycles. The summed E-state index contributed by atoms with van der Waals surface area (Å²) in [5, 5.41) is 3.45. The summed E-state index contributed by atoms with van der Waals surface area (Å²) in [6.07, 6.45) is 0.199. The van der Waals surface area contributed by atoms with Gasteiger partial charge < -0.3 is 0 Å². The molecule has 0 spiro atoms. The lowest BCUT2D eigenvalue weighted by molar-refractivity contribution is 0.382. The Labute approximate surface area is 92.2 Å². The highest BCUT2D eigenvalue weighted by atomic mass is 79.9. The largest absolute Gasteiger partial charge is 0.438 e. The average molecular weight is 273 g/mol. The van der Waals surface area contributed by atoms with Crippen LogP contribution < -0.4 is 5.76 Å². The predicted octanol–water partition coefficient (Wildman–Crippen LogP) is 1.86. The fourth-order valence-electron chi connectivity index (χ4n) is 1.18. The minimum Gasteiger partial charge on any atom is -0.296 e. The summed E-state index contributed by atoms with van der Waals surface area (Å²) >= 11 is 3.15. The Kier molecular flexibility index (Phi) is 2.68. The molecule has 2 aromatic rings. The van der Waals surface area contributed by atoms with Gasteiger partial charge in [0.05, 0.1) is 0 Å². The molecule has 15 heavy (non-hydrogen) atoms. The number of benzene rings is 1. The molecule has 1 aromatic heterocycles. The van der Waals surface area contributed by atoms with Gasteiger partial charge in [0.1, 0.15) is 5.82 Å². The first-order valence-corrected chi connectivity index (χ1v) is 4.93. The molecule has 78 valence electrons. The van der Waals surface area contributed by atoms with Gasteiger partial charge in [-0.3, -0.25) is 9.51 Å². The second-order valence-corrected chi connectivity index (χ2v) is 3.87. The molecule has 0 aliphatic carbocycles. The SMILES string of the molecule is O=c1[nH]c(Cc2ccc(Br)cc2F)no1. The van der Waals surface area contributed by atoms with Crippen LogP contribution in [-0.2, 0) is 6.42 Å². The smallest absolute Gasteiger partial charge is 0.296 e. The lowest BCUT2D eigenvalue weighted by atomic mass is 10.1. The van der Waals surface area contributed by atoms with Gasteiger partial charge in [0.2, 0.25) is 0 Å². The summed E-state index contributed by atoms with van der Waals surface area (Å²) in [5.74, 6) is -0.683. The van der Waals surface area contributed by atoms with Crippen LogP contribution in [0.3, 0.4) is 0 Å². The van der Waals surface area contributed by atoms with Crippen LogP contribution in [0, 0.1) is 5.82 Å². The third-order valence-electron chi connectivity index (χ3n) is 1.86. The van der Waals surface area contributed by atoms with Crippen molar-refractivity contribution in [3.05, 3.63) is 50.4 Å². The summed E-state index contributed by atoms with van der Waals surface area (Å²) in [5.41, 5.74) is 0.447. The standard InChI is InChI=1S/C9H6BrFN2O2/c10-6-2-1-5(7(11)4-6)3-8-12-9(14)15-13-8/h1-2,4H,3H2,(H,12,13,14). The van der Waals surface area contributed by atoms with Crippen molar-refractivity contribution in [1.29, 1.82) is 0 Å². The highest BCUT2D eigenvalue weighted by Crippen LogP contribution is 2.16. The molecule has 1 aromatic carbocycles. The molecule has 1 heterocycles. The second kappa shape index (κ2) is 3.98. The third kappa shape index (κ3) is 2.33. The minimum atomic E-state index is -0.637. The van der Waals surface area contributed by atoms with Crippen molar-refractivity contribution in [3.63, 3.8) is 0 Å². The van der Waals surface area contributed by atoms with E-state index in [1.807, 2.05) is 0 Å². The number of hydrogen-bond donors (Lipinski definition) is 1. The van der Waals surface area contributed by atoms with Gasteiger partial charge in [-0.15, -0.1) is 0 Å². The van der Waals surface area contributed by atoms with Gasteiger partial charge in [0.15, 0.2) is 5.82 Å². The molecule has 0 atom stereocenters. The van der Waals surface area contributed by atoms with Gasteiger partial charge in [0, 0.05) is 10.9 Å². The Morgan fingerprint density at radius 1 is 1.53 bits per heavy atom. The summed E-state index contributed by atoms with van der Waals surface area (Å²) in [6.45, 7) is 0. The Balaban J connectivity index is 2.28. The van der Waals surface area contributed by atoms with Gasteiger partial charge in [-0.25, -0.2) is 9.18 Å². The highest BCUT2D eigenvalue weighted by molar-refractivity contribution is 9.10. The number of aromatic nitrogens is 2. The maximum absolute atomic E-state index is 13.4. The van der Waals surface area contributed by atoms with E-state index < -0.39 is 5.76 Å². The van der Waals surface area contributed by atoms with Crippen molar-refractivity contribution >= 4 is 15.9 Å². The summed E-state index contributed by atoms with van der Waals surface area (Å²) in [7, 11) is 0. The third-order valence-corrected chi connectivity index (χ3v) is 2.35. The van der Waals surface area contributed by atoms with Crippen LogP contribution in [-0.4, -0.2) is 10.1 Å². The Hall–Kier alpha value is -1.43. The quantitative estimate of drug-likeness (QED) is 0.908. The van der Waals surface area contributed by atoms with Crippen molar-refractivity contribution in [1.82, 2.24) is 10.1 Å². The van der Waals surface area contributed by atoms with Crippen molar-refractivity contribution in [3.8, 4) is 0 Å². The van der Waals surface area contributed by atoms with Crippen LogP contribution in [0.4, 0.5) is 4.39 Å². The molecule has 0 amide bonds. The first-order valence-electron chi connectivity index (χ1n) is 4.14. The molecule has 0 saturated carbocycles. The molecule has 4 nitrogen and oxygen atoms in total. The number of hydrogen-bond acceptors (Lipinski definition) is 3. The van der Waals surface area contributed by atoms with E-state index in [1.54, 1.807) is 12.1 Å². The molecule has 0 unspecified atom stereocenters. The van der Waals surface area contributed by atoms with Crippen LogP contribution in [0.5, 0.6) is 0 Å². The Morgan fingerprint density at radius 2 is 2.33 bits per heavy atom. The van der Waals surface area contributed by atoms with E-state index in [1.165, 1.54) is 6.07 Å². The van der Waals surface area contributed by atoms with Gasteiger partial charge in [0.25, 0.3) is 0 Å². The first-order chi connectivity index (χ1) is 7.15. The molecule has 1 N–H and O–H groups in total. The number of rotatable bonds is 2. The summed E-state index contributed by atoms with van der Waals surface area (Å²) in [4.78, 5) is 13.0. The monoisotopic (exact) mass is 272 g/mol. The van der Waals surface area contributed by atoms with E-state index in [4.69, 9.17) is 0 Å². The van der Waals surface area contributed by atoms with Crippen molar-refractivity contribution in [2.75, 3.05) is 0 Å². The second-order valence-electron chi connectivity index (χ2n) is 2.95. The van der Waals surface area contributed by atoms with Crippen LogP contribution >= 0.6 is 15.9 Å². The van der Waals surface area contributed by atoms with Gasteiger partial charge in [-0.1, -0.05) is 27.2 Å². The first kappa shape index (κ1) is 10.1. The number of halogens is 2. The fraction of sp³-hybridized carbons (Fsp3) is 0.111. The van der Waals surface area contributed by atoms with Gasteiger partial charge >= 0.3 is 5.76 Å². The van der Waals surface area contributed by atoms with Gasteiger partial charge in [-0.2, -0.15) is 0 Å². The van der Waals surface area contributed by atoms with Crippen molar-refractivity contribution < 1.29 is 8.91 Å². The van der Waals surface area contributed by atoms with E-state index in [-0.39, 0.29) is 12.2 Å². The number of nitrogens with one attached hydrogen (secondary N) is 1. The molecule has 2 rings (SSSR count). The number of H-pyrrole nitrogens is 1. The normalized spacial score (nSPS) is 10.5. The van der Waals surface area contributed by atoms with Crippen LogP contribution in [0.15, 0.2) is 32.0 Å². The molecule has 0 aliphatic rings. The molecular formula is C9H6BrFN2O2. The zero-order valence-corrected chi connectivity index (χ0v) is 9.04. The van der Waals surface area contributed by atoms with Gasteiger partial charge in [-0.05, 0) is 17.7 Å². The maximum atomic E-state index is 13.4. The summed E-state index contributed by atoms with van der Waals surface area (Å²) in [6, 6.07) is 4.69. The maximum Gasteiger partial charge on any atom is 0.438 e. The number of nitrogens with zero attached hydrogens (tertiary/aromatic N) is 1.